The Morgan fingerprint density at radius 3 is 2.45 bits per heavy atom. The number of hydrogen-bond acceptors (Lipinski definition) is 3. The quantitative estimate of drug-likeness (QED) is 0.837. The van der Waals surface area contributed by atoms with Gasteiger partial charge in [-0.1, -0.05) is 30.3 Å². The molecule has 0 aliphatic heterocycles. The number of hydrazine groups is 1. The predicted molar refractivity (Wildman–Crippen MR) is 76.0 cm³/mol. The van der Waals surface area contributed by atoms with Crippen molar-refractivity contribution >= 4 is 22.6 Å². The molecule has 2 aromatic rings. The molecule has 104 valence electrons. The molecule has 0 aliphatic carbocycles. The van der Waals surface area contributed by atoms with Crippen LogP contribution in [0.2, 0.25) is 0 Å². The lowest BCUT2D eigenvalue weighted by Gasteiger charge is -2.15. The molecule has 0 aliphatic rings. The molecule has 5 nitrogen and oxygen atoms in total. The van der Waals surface area contributed by atoms with E-state index in [4.69, 9.17) is 4.74 Å². The number of nitrogens with one attached hydrogen (secondary N) is 2. The first kappa shape index (κ1) is 13.9. The number of hydrogen-bond donors (Lipinski definition) is 2. The van der Waals surface area contributed by atoms with E-state index in [1.807, 2.05) is 42.5 Å². The maximum Gasteiger partial charge on any atom is 0.279 e. The van der Waals surface area contributed by atoms with Gasteiger partial charge in [0.15, 0.2) is 6.10 Å². The lowest BCUT2D eigenvalue weighted by molar-refractivity contribution is -0.132. The third-order valence-corrected chi connectivity index (χ3v) is 2.76. The van der Waals surface area contributed by atoms with E-state index in [-0.39, 0.29) is 5.91 Å². The zero-order chi connectivity index (χ0) is 14.5. The van der Waals surface area contributed by atoms with Crippen LogP contribution in [0, 0.1) is 0 Å². The van der Waals surface area contributed by atoms with Gasteiger partial charge in [-0.15, -0.1) is 0 Å². The van der Waals surface area contributed by atoms with E-state index in [9.17, 15) is 9.59 Å². The van der Waals surface area contributed by atoms with Crippen molar-refractivity contribution in [3.8, 4) is 5.75 Å². The molecule has 0 heterocycles. The number of carbonyl (C=O) groups excluding carboxylic acids is 2. The average Bonchev–Trinajstić information content (AvgIpc) is 2.44. The van der Waals surface area contributed by atoms with E-state index in [1.165, 1.54) is 6.92 Å². The maximum atomic E-state index is 11.7. The Hall–Kier alpha value is -2.56. The maximum absolute atomic E-state index is 11.7. The summed E-state index contributed by atoms with van der Waals surface area (Å²) in [6, 6.07) is 13.5. The minimum Gasteiger partial charge on any atom is -0.481 e. The Balaban J connectivity index is 2.03. The van der Waals surface area contributed by atoms with Gasteiger partial charge in [0.1, 0.15) is 5.75 Å². The highest BCUT2D eigenvalue weighted by Gasteiger charge is 2.14. The van der Waals surface area contributed by atoms with Crippen molar-refractivity contribution in [1.82, 2.24) is 10.9 Å². The van der Waals surface area contributed by atoms with Crippen molar-refractivity contribution in [2.45, 2.75) is 20.0 Å². The first-order chi connectivity index (χ1) is 9.56. The van der Waals surface area contributed by atoms with Crippen LogP contribution in [-0.4, -0.2) is 17.9 Å². The van der Waals surface area contributed by atoms with E-state index in [2.05, 4.69) is 10.9 Å². The van der Waals surface area contributed by atoms with Crippen LogP contribution in [0.3, 0.4) is 0 Å². The minimum atomic E-state index is -0.706. The average molecular weight is 272 g/mol. The zero-order valence-electron chi connectivity index (χ0n) is 11.3. The van der Waals surface area contributed by atoms with E-state index < -0.39 is 12.0 Å². The fourth-order valence-electron chi connectivity index (χ4n) is 1.75. The molecule has 0 saturated carbocycles. The summed E-state index contributed by atoms with van der Waals surface area (Å²) in [5.74, 6) is -0.140. The summed E-state index contributed by atoms with van der Waals surface area (Å²) in [6.07, 6.45) is -0.706. The molecule has 0 aromatic heterocycles. The van der Waals surface area contributed by atoms with Crippen LogP contribution in [0.1, 0.15) is 13.8 Å². The van der Waals surface area contributed by atoms with Crippen LogP contribution < -0.4 is 15.6 Å². The Morgan fingerprint density at radius 1 is 1.05 bits per heavy atom. The predicted octanol–water partition coefficient (Wildman–Crippen LogP) is 1.77. The van der Waals surface area contributed by atoms with E-state index in [0.717, 1.165) is 10.8 Å². The normalized spacial score (nSPS) is 11.7. The third-order valence-electron chi connectivity index (χ3n) is 2.76. The molecule has 1 unspecified atom stereocenters. The van der Waals surface area contributed by atoms with Crippen molar-refractivity contribution in [3.05, 3.63) is 42.5 Å². The van der Waals surface area contributed by atoms with Gasteiger partial charge in [0.25, 0.3) is 5.91 Å². The van der Waals surface area contributed by atoms with Crippen molar-refractivity contribution in [3.63, 3.8) is 0 Å². The summed E-state index contributed by atoms with van der Waals surface area (Å²) >= 11 is 0. The molecule has 0 fully saturated rings. The van der Waals surface area contributed by atoms with Crippen LogP contribution in [0.5, 0.6) is 5.75 Å². The van der Waals surface area contributed by atoms with Gasteiger partial charge in [0.05, 0.1) is 0 Å². The molecule has 2 rings (SSSR count). The fraction of sp³-hybridized carbons (Fsp3) is 0.200. The Morgan fingerprint density at radius 2 is 1.75 bits per heavy atom. The topological polar surface area (TPSA) is 67.4 Å². The second-order valence-corrected chi connectivity index (χ2v) is 4.44. The molecule has 0 radical (unpaired) electrons. The zero-order valence-corrected chi connectivity index (χ0v) is 11.3. The highest BCUT2D eigenvalue weighted by atomic mass is 16.5. The third kappa shape index (κ3) is 3.47. The molecule has 2 aromatic carbocycles. The molecule has 0 saturated heterocycles. The number of amides is 2. The van der Waals surface area contributed by atoms with Gasteiger partial charge >= 0.3 is 0 Å². The van der Waals surface area contributed by atoms with Crippen LogP contribution in [0.4, 0.5) is 0 Å². The summed E-state index contributed by atoms with van der Waals surface area (Å²) in [6.45, 7) is 2.93. The van der Waals surface area contributed by atoms with Crippen molar-refractivity contribution in [2.24, 2.45) is 0 Å². The first-order valence-corrected chi connectivity index (χ1v) is 6.28. The second kappa shape index (κ2) is 6.06. The standard InChI is InChI=1S/C15H16N2O3/c1-10(15(19)17-16-11(2)18)20-14-8-7-12-5-3-4-6-13(12)9-14/h3-10H,1-2H3,(H,16,18)(H,17,19). The SMILES string of the molecule is CC(=O)NNC(=O)C(C)Oc1ccc2ccccc2c1. The molecule has 0 bridgehead atoms. The number of carbonyl (C=O) groups is 2. The van der Waals surface area contributed by atoms with Gasteiger partial charge < -0.3 is 4.74 Å². The summed E-state index contributed by atoms with van der Waals surface area (Å²) in [5.41, 5.74) is 4.50. The number of benzene rings is 2. The van der Waals surface area contributed by atoms with Crippen LogP contribution >= 0.6 is 0 Å². The van der Waals surface area contributed by atoms with Crippen LogP contribution in [-0.2, 0) is 9.59 Å². The fourth-order valence-corrected chi connectivity index (χ4v) is 1.75. The smallest absolute Gasteiger partial charge is 0.279 e. The molecule has 2 N–H and O–H groups in total. The molecular formula is C15H16N2O3. The Labute approximate surface area is 116 Å². The van der Waals surface area contributed by atoms with E-state index in [0.29, 0.717) is 5.75 Å². The number of fused-ring (bicyclic) bond motifs is 1. The molecular weight excluding hydrogens is 256 g/mol. The molecule has 5 heteroatoms. The van der Waals surface area contributed by atoms with Gasteiger partial charge in [-0.2, -0.15) is 0 Å². The molecule has 20 heavy (non-hydrogen) atoms. The van der Waals surface area contributed by atoms with Gasteiger partial charge in [0, 0.05) is 6.92 Å². The van der Waals surface area contributed by atoms with Gasteiger partial charge in [0.2, 0.25) is 5.91 Å². The van der Waals surface area contributed by atoms with Crippen molar-refractivity contribution in [2.75, 3.05) is 0 Å². The minimum absolute atomic E-state index is 0.337. The summed E-state index contributed by atoms with van der Waals surface area (Å²) in [4.78, 5) is 22.4. The van der Waals surface area contributed by atoms with Gasteiger partial charge in [-0.25, -0.2) is 0 Å². The molecule has 0 spiro atoms. The van der Waals surface area contributed by atoms with Crippen molar-refractivity contribution < 1.29 is 14.3 Å². The Kier molecular flexibility index (Phi) is 4.20. The van der Waals surface area contributed by atoms with Gasteiger partial charge in [-0.3, -0.25) is 20.4 Å². The molecule has 1 atom stereocenters. The van der Waals surface area contributed by atoms with Gasteiger partial charge in [-0.05, 0) is 29.8 Å². The number of ether oxygens (including phenoxy) is 1. The highest BCUT2D eigenvalue weighted by Crippen LogP contribution is 2.21. The van der Waals surface area contributed by atoms with Crippen LogP contribution in [0.25, 0.3) is 10.8 Å². The van der Waals surface area contributed by atoms with Crippen LogP contribution in [0.15, 0.2) is 42.5 Å². The summed E-state index contributed by atoms with van der Waals surface area (Å²) in [5, 5.41) is 2.15. The largest absolute Gasteiger partial charge is 0.481 e. The highest BCUT2D eigenvalue weighted by molar-refractivity contribution is 5.85. The lowest BCUT2D eigenvalue weighted by atomic mass is 10.1. The Bertz CT molecular complexity index is 640. The van der Waals surface area contributed by atoms with E-state index in [1.54, 1.807) is 6.92 Å². The second-order valence-electron chi connectivity index (χ2n) is 4.44. The first-order valence-electron chi connectivity index (χ1n) is 6.28. The molecule has 2 amide bonds. The summed E-state index contributed by atoms with van der Waals surface area (Å²) < 4.78 is 5.55. The van der Waals surface area contributed by atoms with E-state index >= 15 is 0 Å². The summed E-state index contributed by atoms with van der Waals surface area (Å²) in [7, 11) is 0. The number of rotatable bonds is 3. The monoisotopic (exact) mass is 272 g/mol. The van der Waals surface area contributed by atoms with Crippen molar-refractivity contribution in [1.29, 1.82) is 0 Å². The lowest BCUT2D eigenvalue weighted by Crippen LogP contribution is -2.46.